The maximum atomic E-state index is 11.3. The van der Waals surface area contributed by atoms with Gasteiger partial charge in [0.25, 0.3) is 0 Å². The molecule has 0 saturated heterocycles. The smallest absolute Gasteiger partial charge is 0.316 e. The Bertz CT molecular complexity index is 462. The van der Waals surface area contributed by atoms with Crippen LogP contribution in [0.3, 0.4) is 0 Å². The van der Waals surface area contributed by atoms with Crippen LogP contribution < -0.4 is 16.4 Å². The van der Waals surface area contributed by atoms with Gasteiger partial charge in [-0.25, -0.2) is 4.79 Å². The van der Waals surface area contributed by atoms with Gasteiger partial charge < -0.3 is 26.5 Å². The van der Waals surface area contributed by atoms with Gasteiger partial charge in [0.1, 0.15) is 5.84 Å². The van der Waals surface area contributed by atoms with E-state index in [2.05, 4.69) is 15.8 Å². The van der Waals surface area contributed by atoms with Crippen molar-refractivity contribution >= 4 is 11.9 Å². The molecule has 21 heavy (non-hydrogen) atoms. The van der Waals surface area contributed by atoms with Crippen LogP contribution in [0.25, 0.3) is 0 Å². The Hall–Kier alpha value is -2.28. The topological polar surface area (TPSA) is 103 Å². The number of carbonyl (C=O) groups is 1. The van der Waals surface area contributed by atoms with Gasteiger partial charge in [-0.2, -0.15) is 0 Å². The second-order valence-corrected chi connectivity index (χ2v) is 4.82. The lowest BCUT2D eigenvalue weighted by Crippen LogP contribution is -2.40. The van der Waals surface area contributed by atoms with Crippen LogP contribution >= 0.6 is 0 Å². The van der Waals surface area contributed by atoms with Gasteiger partial charge in [-0.05, 0) is 5.56 Å². The molecule has 1 rings (SSSR count). The van der Waals surface area contributed by atoms with Gasteiger partial charge in [0.15, 0.2) is 0 Å². The Balaban J connectivity index is 2.44. The zero-order chi connectivity index (χ0) is 15.7. The van der Waals surface area contributed by atoms with Gasteiger partial charge in [-0.3, -0.25) is 0 Å². The molecule has 0 radical (unpaired) electrons. The number of oxime groups is 1. The van der Waals surface area contributed by atoms with Crippen molar-refractivity contribution in [2.24, 2.45) is 10.9 Å². The molecule has 0 aliphatic carbocycles. The van der Waals surface area contributed by atoms with Gasteiger partial charge in [0.05, 0.1) is 5.92 Å². The fourth-order valence-electron chi connectivity index (χ4n) is 1.81. The Kier molecular flexibility index (Phi) is 7.03. The number of rotatable bonds is 7. The summed E-state index contributed by atoms with van der Waals surface area (Å²) in [6.07, 6.45) is 0. The van der Waals surface area contributed by atoms with E-state index >= 15 is 0 Å². The van der Waals surface area contributed by atoms with Gasteiger partial charge in [-0.1, -0.05) is 35.5 Å². The second kappa shape index (κ2) is 8.80. The lowest BCUT2D eigenvalue weighted by molar-refractivity contribution is 0.217. The van der Waals surface area contributed by atoms with Gasteiger partial charge in [0, 0.05) is 33.7 Å². The third kappa shape index (κ3) is 5.70. The third-order valence-electron chi connectivity index (χ3n) is 3.01. The largest absolute Gasteiger partial charge is 0.409 e. The standard InChI is InChI=1S/C14H23N5O2/c1-19(2)14(20)17-9-8-16-10-12(13(15)18-21)11-6-4-3-5-7-11/h3-7,12,16,21H,8-10H2,1-2H3,(H2,15,18)(H,17,20). The molecule has 2 amide bonds. The first-order valence-electron chi connectivity index (χ1n) is 6.74. The van der Waals surface area contributed by atoms with Crippen molar-refractivity contribution < 1.29 is 10.0 Å². The number of carbonyl (C=O) groups excluding carboxylic acids is 1. The Labute approximate surface area is 124 Å². The summed E-state index contributed by atoms with van der Waals surface area (Å²) in [5, 5.41) is 17.9. The third-order valence-corrected chi connectivity index (χ3v) is 3.01. The molecule has 1 aromatic rings. The van der Waals surface area contributed by atoms with E-state index in [4.69, 9.17) is 10.9 Å². The molecule has 0 aliphatic rings. The average molecular weight is 293 g/mol. The van der Waals surface area contributed by atoms with Crippen molar-refractivity contribution in [1.29, 1.82) is 0 Å². The SMILES string of the molecule is CN(C)C(=O)NCCNCC(/C(N)=N/O)c1ccccc1. The highest BCUT2D eigenvalue weighted by Crippen LogP contribution is 2.14. The maximum absolute atomic E-state index is 11.3. The molecule has 7 heteroatoms. The molecule has 0 spiro atoms. The van der Waals surface area contributed by atoms with Crippen molar-refractivity contribution in [3.05, 3.63) is 35.9 Å². The van der Waals surface area contributed by atoms with Gasteiger partial charge in [0.2, 0.25) is 0 Å². The van der Waals surface area contributed by atoms with E-state index < -0.39 is 0 Å². The van der Waals surface area contributed by atoms with Crippen molar-refractivity contribution in [3.8, 4) is 0 Å². The van der Waals surface area contributed by atoms with Crippen LogP contribution in [0.5, 0.6) is 0 Å². The van der Waals surface area contributed by atoms with E-state index in [0.717, 1.165) is 5.56 Å². The fraction of sp³-hybridized carbons (Fsp3) is 0.429. The molecule has 116 valence electrons. The van der Waals surface area contributed by atoms with Crippen LogP contribution in [0.15, 0.2) is 35.5 Å². The monoisotopic (exact) mass is 293 g/mol. The average Bonchev–Trinajstić information content (AvgIpc) is 2.50. The summed E-state index contributed by atoms with van der Waals surface area (Å²) >= 11 is 0. The highest BCUT2D eigenvalue weighted by molar-refractivity contribution is 5.87. The summed E-state index contributed by atoms with van der Waals surface area (Å²) in [5.41, 5.74) is 6.71. The highest BCUT2D eigenvalue weighted by Gasteiger charge is 2.15. The number of benzene rings is 1. The number of nitrogens with two attached hydrogens (primary N) is 1. The normalized spacial score (nSPS) is 12.8. The van der Waals surface area contributed by atoms with Crippen LogP contribution in [0.4, 0.5) is 4.79 Å². The van der Waals surface area contributed by atoms with Crippen LogP contribution in [0.1, 0.15) is 11.5 Å². The summed E-state index contributed by atoms with van der Waals surface area (Å²) in [6, 6.07) is 9.45. The molecule has 0 saturated carbocycles. The first kappa shape index (κ1) is 16.8. The number of amides is 2. The number of hydrogen-bond acceptors (Lipinski definition) is 4. The van der Waals surface area contributed by atoms with Crippen LogP contribution in [-0.2, 0) is 0 Å². The summed E-state index contributed by atoms with van der Waals surface area (Å²) in [4.78, 5) is 12.8. The van der Waals surface area contributed by atoms with Crippen molar-refractivity contribution in [3.63, 3.8) is 0 Å². The maximum Gasteiger partial charge on any atom is 0.316 e. The van der Waals surface area contributed by atoms with Gasteiger partial charge in [-0.15, -0.1) is 0 Å². The molecule has 0 aromatic heterocycles. The highest BCUT2D eigenvalue weighted by atomic mass is 16.4. The molecular formula is C14H23N5O2. The minimum atomic E-state index is -0.208. The van der Waals surface area contributed by atoms with Crippen molar-refractivity contribution in [2.45, 2.75) is 5.92 Å². The van der Waals surface area contributed by atoms with E-state index in [1.807, 2.05) is 30.3 Å². The number of nitrogens with one attached hydrogen (secondary N) is 2. The fourth-order valence-corrected chi connectivity index (χ4v) is 1.81. The predicted octanol–water partition coefficient (Wildman–Crippen LogP) is 0.377. The lowest BCUT2D eigenvalue weighted by Gasteiger charge is -2.17. The molecule has 0 fully saturated rings. The van der Waals surface area contributed by atoms with Crippen molar-refractivity contribution in [1.82, 2.24) is 15.5 Å². The van der Waals surface area contributed by atoms with E-state index in [1.54, 1.807) is 14.1 Å². The zero-order valence-corrected chi connectivity index (χ0v) is 12.4. The van der Waals surface area contributed by atoms with Crippen LogP contribution in [0.2, 0.25) is 0 Å². The number of urea groups is 1. The molecule has 5 N–H and O–H groups in total. The summed E-state index contributed by atoms with van der Waals surface area (Å²) in [6.45, 7) is 1.63. The summed E-state index contributed by atoms with van der Waals surface area (Å²) in [7, 11) is 3.37. The Morgan fingerprint density at radius 3 is 2.57 bits per heavy atom. The Morgan fingerprint density at radius 1 is 1.33 bits per heavy atom. The molecule has 1 unspecified atom stereocenters. The number of nitrogens with zero attached hydrogens (tertiary/aromatic N) is 2. The molecule has 1 atom stereocenters. The lowest BCUT2D eigenvalue weighted by atomic mass is 9.98. The van der Waals surface area contributed by atoms with Crippen LogP contribution in [0, 0.1) is 0 Å². The molecular weight excluding hydrogens is 270 g/mol. The number of amidine groups is 1. The van der Waals surface area contributed by atoms with Crippen molar-refractivity contribution in [2.75, 3.05) is 33.7 Å². The summed E-state index contributed by atoms with van der Waals surface area (Å²) < 4.78 is 0. The first-order chi connectivity index (χ1) is 10.1. The minimum Gasteiger partial charge on any atom is -0.409 e. The number of hydrogen-bond donors (Lipinski definition) is 4. The van der Waals surface area contributed by atoms with E-state index in [-0.39, 0.29) is 17.8 Å². The van der Waals surface area contributed by atoms with E-state index in [9.17, 15) is 4.79 Å². The molecule has 0 heterocycles. The second-order valence-electron chi connectivity index (χ2n) is 4.82. The Morgan fingerprint density at radius 2 is 2.00 bits per heavy atom. The van der Waals surface area contributed by atoms with Crippen LogP contribution in [-0.4, -0.2) is 55.7 Å². The molecule has 0 aliphatic heterocycles. The predicted molar refractivity (Wildman–Crippen MR) is 82.5 cm³/mol. The molecule has 7 nitrogen and oxygen atoms in total. The van der Waals surface area contributed by atoms with E-state index in [1.165, 1.54) is 4.90 Å². The van der Waals surface area contributed by atoms with Gasteiger partial charge >= 0.3 is 6.03 Å². The summed E-state index contributed by atoms with van der Waals surface area (Å²) in [5.74, 6) is -0.0493. The minimum absolute atomic E-state index is 0.132. The first-order valence-corrected chi connectivity index (χ1v) is 6.74. The van der Waals surface area contributed by atoms with E-state index in [0.29, 0.717) is 19.6 Å². The molecule has 1 aromatic carbocycles. The quantitative estimate of drug-likeness (QED) is 0.192. The molecule has 0 bridgehead atoms. The zero-order valence-electron chi connectivity index (χ0n) is 12.4.